The van der Waals surface area contributed by atoms with Gasteiger partial charge in [-0.1, -0.05) is 103 Å². The molecule has 5 aromatic rings. The number of anilines is 1. The minimum absolute atomic E-state index is 0.739. The number of nitrogens with zero attached hydrogens (tertiary/aromatic N) is 4. The van der Waals surface area contributed by atoms with Crippen LogP contribution in [-0.4, -0.2) is 9.97 Å². The van der Waals surface area contributed by atoms with Crippen molar-refractivity contribution in [1.29, 1.82) is 0 Å². The topological polar surface area (TPSA) is 43.0 Å². The number of para-hydroxylation sites is 3. The van der Waals surface area contributed by atoms with Gasteiger partial charge in [-0.15, -0.1) is 5.43 Å². The Morgan fingerprint density at radius 3 is 1.92 bits per heavy atom. The van der Waals surface area contributed by atoms with Crippen LogP contribution in [0.15, 0.2) is 150 Å². The summed E-state index contributed by atoms with van der Waals surface area (Å²) in [5.74, 6) is 0. The summed E-state index contributed by atoms with van der Waals surface area (Å²) < 4.78 is 0. The number of nitrogens with one attached hydrogen (secondary N) is 1. The van der Waals surface area contributed by atoms with E-state index in [2.05, 4.69) is 101 Å². The molecule has 3 aliphatic rings. The van der Waals surface area contributed by atoms with E-state index in [0.717, 1.165) is 22.2 Å². The van der Waals surface area contributed by atoms with Gasteiger partial charge in [0.1, 0.15) is 0 Å². The minimum atomic E-state index is -0.770. The van der Waals surface area contributed by atoms with Gasteiger partial charge in [0.2, 0.25) is 5.66 Å². The molecule has 1 aliphatic carbocycles. The van der Waals surface area contributed by atoms with Gasteiger partial charge in [-0.3, -0.25) is 4.90 Å². The predicted octanol–water partition coefficient (Wildman–Crippen LogP) is 7.93. The minimum Gasteiger partial charge on any atom is -0.285 e. The molecule has 39 heavy (non-hydrogen) atoms. The summed E-state index contributed by atoms with van der Waals surface area (Å²) >= 11 is 1.71. The molecule has 1 N–H and O–H groups in total. The molecule has 5 aromatic carbocycles. The van der Waals surface area contributed by atoms with Crippen molar-refractivity contribution in [2.75, 3.05) is 4.90 Å². The largest absolute Gasteiger partial charge is 0.285 e. The lowest BCUT2D eigenvalue weighted by atomic mass is 9.74. The normalized spacial score (nSPS) is 23.3. The third-order valence-electron chi connectivity index (χ3n) is 7.66. The first kappa shape index (κ1) is 22.3. The summed E-state index contributed by atoms with van der Waals surface area (Å²) in [6.07, 6.45) is 0. The van der Waals surface area contributed by atoms with Crippen LogP contribution in [0.5, 0.6) is 0 Å². The number of hydrazine groups is 1. The van der Waals surface area contributed by atoms with Crippen molar-refractivity contribution in [2.24, 2.45) is 10.1 Å². The molecular formula is C33H24N5S+. The van der Waals surface area contributed by atoms with E-state index < -0.39 is 10.5 Å². The maximum Gasteiger partial charge on any atom is 0.265 e. The molecular weight excluding hydrogens is 498 g/mol. The molecule has 6 heteroatoms. The van der Waals surface area contributed by atoms with E-state index >= 15 is 0 Å². The predicted molar refractivity (Wildman–Crippen MR) is 157 cm³/mol. The van der Waals surface area contributed by atoms with E-state index in [9.17, 15) is 0 Å². The van der Waals surface area contributed by atoms with Crippen LogP contribution in [0.2, 0.25) is 0 Å². The standard InChI is InChI=1S/C33H24N5S/c1-4-14-24(15-5-1)34-31-37(25-16-6-2-7-17-25)32-29-22-12-10-20-27(29)28-21-11-13-23-30(28)33(32,39-31)36-38(35-32)26-18-8-3-9-19-26/h1-23H,(H,35,36)/q+1/t32-,33+/m0/s1. The van der Waals surface area contributed by atoms with Gasteiger partial charge in [-0.25, -0.2) is 4.99 Å². The van der Waals surface area contributed by atoms with Crippen molar-refractivity contribution in [3.05, 3.63) is 151 Å². The van der Waals surface area contributed by atoms with Gasteiger partial charge >= 0.3 is 0 Å². The molecule has 2 aliphatic heterocycles. The second-order valence-electron chi connectivity index (χ2n) is 9.81. The van der Waals surface area contributed by atoms with Gasteiger partial charge in [0.25, 0.3) is 10.6 Å². The molecule has 0 bridgehead atoms. The smallest absolute Gasteiger partial charge is 0.265 e. The van der Waals surface area contributed by atoms with Crippen molar-refractivity contribution in [3.8, 4) is 11.1 Å². The highest BCUT2D eigenvalue weighted by molar-refractivity contribution is 8.15. The van der Waals surface area contributed by atoms with Crippen LogP contribution in [0.1, 0.15) is 11.1 Å². The zero-order chi connectivity index (χ0) is 25.9. The number of aliphatic imine (C=N–C) groups is 1. The van der Waals surface area contributed by atoms with Gasteiger partial charge in [0.05, 0.1) is 5.69 Å². The highest BCUT2D eigenvalue weighted by atomic mass is 32.2. The number of thioether (sulfide) groups is 1. The van der Waals surface area contributed by atoms with Crippen molar-refractivity contribution < 1.29 is 4.81 Å². The second kappa shape index (κ2) is 8.41. The lowest BCUT2D eigenvalue weighted by Crippen LogP contribution is -2.61. The second-order valence-corrected chi connectivity index (χ2v) is 11.0. The van der Waals surface area contributed by atoms with Crippen molar-refractivity contribution in [3.63, 3.8) is 0 Å². The first-order valence-corrected chi connectivity index (χ1v) is 13.9. The average Bonchev–Trinajstić information content (AvgIpc) is 3.49. The first-order valence-electron chi connectivity index (χ1n) is 13.0. The van der Waals surface area contributed by atoms with Gasteiger partial charge in [0, 0.05) is 38.9 Å². The fraction of sp³-hybridized carbons (Fsp3) is 0.0606. The van der Waals surface area contributed by atoms with Gasteiger partial charge in [-0.05, 0) is 47.2 Å². The zero-order valence-corrected chi connectivity index (χ0v) is 21.8. The number of benzene rings is 5. The van der Waals surface area contributed by atoms with E-state index in [-0.39, 0.29) is 0 Å². The highest BCUT2D eigenvalue weighted by Gasteiger charge is 2.76. The number of hydrogen-bond acceptors (Lipinski definition) is 4. The first-order chi connectivity index (χ1) is 19.3. The molecule has 0 saturated carbocycles. The maximum absolute atomic E-state index is 5.54. The summed E-state index contributed by atoms with van der Waals surface area (Å²) in [6.45, 7) is 0. The fourth-order valence-corrected chi connectivity index (χ4v) is 7.61. The summed E-state index contributed by atoms with van der Waals surface area (Å²) in [6, 6.07) is 48.4. The molecule has 8 rings (SSSR count). The fourth-order valence-electron chi connectivity index (χ4n) is 6.06. The number of azo groups is 1. The quantitative estimate of drug-likeness (QED) is 0.245. The Morgan fingerprint density at radius 1 is 0.641 bits per heavy atom. The van der Waals surface area contributed by atoms with Crippen LogP contribution in [-0.2, 0) is 10.5 Å². The molecule has 186 valence electrons. The van der Waals surface area contributed by atoms with Crippen molar-refractivity contribution in [2.45, 2.75) is 10.5 Å². The molecule has 0 radical (unpaired) electrons. The monoisotopic (exact) mass is 522 g/mol. The average molecular weight is 523 g/mol. The summed E-state index contributed by atoms with van der Waals surface area (Å²) in [5.41, 5.74) is 10.8. The Labute approximate surface area is 231 Å². The summed E-state index contributed by atoms with van der Waals surface area (Å²) in [4.78, 5) is 8.82. The highest BCUT2D eigenvalue weighted by Crippen LogP contribution is 2.68. The van der Waals surface area contributed by atoms with Crippen LogP contribution in [0.25, 0.3) is 11.1 Å². The Balaban J connectivity index is 1.49. The van der Waals surface area contributed by atoms with Gasteiger partial charge in [0.15, 0.2) is 5.17 Å². The Kier molecular flexibility index (Phi) is 4.81. The van der Waals surface area contributed by atoms with Crippen LogP contribution in [0, 0.1) is 0 Å². The van der Waals surface area contributed by atoms with Crippen LogP contribution < -0.4 is 10.3 Å². The molecule has 0 spiro atoms. The Hall–Kier alpha value is -4.68. The molecule has 2 atom stereocenters. The number of fused-ring (bicyclic) bond motifs is 3. The lowest BCUT2D eigenvalue weighted by molar-refractivity contribution is -0.568. The van der Waals surface area contributed by atoms with E-state index in [4.69, 9.17) is 10.1 Å². The van der Waals surface area contributed by atoms with Crippen LogP contribution in [0.4, 0.5) is 17.1 Å². The molecule has 5 nitrogen and oxygen atoms in total. The van der Waals surface area contributed by atoms with E-state index in [1.54, 1.807) is 11.8 Å². The molecule has 2 heterocycles. The van der Waals surface area contributed by atoms with E-state index in [1.165, 1.54) is 22.3 Å². The third-order valence-corrected chi connectivity index (χ3v) is 9.01. The van der Waals surface area contributed by atoms with Crippen molar-refractivity contribution >= 4 is 34.0 Å². The van der Waals surface area contributed by atoms with Gasteiger partial charge < -0.3 is 0 Å². The summed E-state index contributed by atoms with van der Waals surface area (Å²) in [7, 11) is 0. The maximum atomic E-state index is 5.54. The third kappa shape index (κ3) is 3.06. The Morgan fingerprint density at radius 2 is 1.21 bits per heavy atom. The number of amidine groups is 1. The van der Waals surface area contributed by atoms with Crippen molar-refractivity contribution in [1.82, 2.24) is 5.43 Å². The lowest BCUT2D eigenvalue weighted by Gasteiger charge is -2.43. The molecule has 1 fully saturated rings. The van der Waals surface area contributed by atoms with E-state index in [0.29, 0.717) is 0 Å². The number of rotatable bonds is 3. The molecule has 0 aromatic heterocycles. The molecule has 0 amide bonds. The van der Waals surface area contributed by atoms with Crippen LogP contribution in [0.3, 0.4) is 0 Å². The van der Waals surface area contributed by atoms with Crippen LogP contribution >= 0.6 is 11.8 Å². The SMILES string of the molecule is c1ccc(N=C2S[C@@]34N=[N+](c5ccccc5)N[C@@]3(c3ccccc3-c3ccccc34)N2c2ccccc2)cc1. The zero-order valence-electron chi connectivity index (χ0n) is 21.0. The number of hydrogen-bond donors (Lipinski definition) is 1. The molecule has 1 saturated heterocycles. The summed E-state index contributed by atoms with van der Waals surface area (Å²) in [5, 5.41) is 6.43. The van der Waals surface area contributed by atoms with E-state index in [1.807, 2.05) is 53.3 Å². The van der Waals surface area contributed by atoms with Gasteiger partial charge in [-0.2, -0.15) is 0 Å². The molecule has 0 unspecified atom stereocenters. The Bertz CT molecular complexity index is 1770.